The average Bonchev–Trinajstić information content (AvgIpc) is 2.58. The fourth-order valence-electron chi connectivity index (χ4n) is 2.24. The number of halogens is 2. The van der Waals surface area contributed by atoms with Crippen LogP contribution < -0.4 is 15.4 Å². The molecule has 1 aromatic rings. The topological polar surface area (TPSA) is 130 Å². The molecule has 0 aromatic heterocycles. The summed E-state index contributed by atoms with van der Waals surface area (Å²) in [6.45, 7) is 3.52. The molecule has 0 bridgehead atoms. The largest absolute Gasteiger partial charge is 0.489 e. The highest BCUT2D eigenvalue weighted by Gasteiger charge is 2.31. The first kappa shape index (κ1) is 23.7. The average molecular weight is 441 g/mol. The number of carboxylic acids is 1. The van der Waals surface area contributed by atoms with Crippen LogP contribution >= 0.6 is 30.6 Å². The standard InChI is InChI=1S/C11H11Cl2NO2.C5H12NO4P/c1-7-6-16-9-5-3-2-4-8(9)14(7)11(15)10(12)13;1-11(9,10)3-2-4(6)5(7)8/h2-5,7,10H,6H2,1H3;4H,2-3,6H2,1H3,(H,7,8)(H,9,10). The fraction of sp³-hybridized carbons (Fsp3) is 0.500. The molecule has 0 fully saturated rings. The van der Waals surface area contributed by atoms with Gasteiger partial charge in [-0.15, -0.1) is 0 Å². The number of hydrogen-bond donors (Lipinski definition) is 3. The van der Waals surface area contributed by atoms with Crippen LogP contribution in [0.1, 0.15) is 13.3 Å². The van der Waals surface area contributed by atoms with Crippen LogP contribution in [-0.4, -0.2) is 58.2 Å². The normalized spacial score (nSPS) is 19.1. The Morgan fingerprint density at radius 1 is 1.41 bits per heavy atom. The van der Waals surface area contributed by atoms with Gasteiger partial charge in [0.2, 0.25) is 0 Å². The Morgan fingerprint density at radius 3 is 2.52 bits per heavy atom. The van der Waals surface area contributed by atoms with Crippen molar-refractivity contribution < 1.29 is 28.9 Å². The molecule has 1 aliphatic rings. The van der Waals surface area contributed by atoms with Crippen LogP contribution in [0.25, 0.3) is 0 Å². The van der Waals surface area contributed by atoms with Crippen LogP contribution in [0.4, 0.5) is 5.69 Å². The Kier molecular flexibility index (Phi) is 9.05. The van der Waals surface area contributed by atoms with Gasteiger partial charge in [-0.25, -0.2) is 0 Å². The Bertz CT molecular complexity index is 712. The molecule has 2 rings (SSSR count). The summed E-state index contributed by atoms with van der Waals surface area (Å²) in [5.74, 6) is -0.770. The van der Waals surface area contributed by atoms with E-state index in [9.17, 15) is 14.2 Å². The lowest BCUT2D eigenvalue weighted by Crippen LogP contribution is -2.47. The van der Waals surface area contributed by atoms with Crippen LogP contribution in [0.3, 0.4) is 0 Å². The van der Waals surface area contributed by atoms with Crippen molar-refractivity contribution in [3.05, 3.63) is 24.3 Å². The Balaban J connectivity index is 0.000000293. The third kappa shape index (κ3) is 7.68. The van der Waals surface area contributed by atoms with Crippen molar-refractivity contribution in [3.63, 3.8) is 0 Å². The number of carboxylic acid groups (broad SMARTS) is 1. The molecular weight excluding hydrogens is 418 g/mol. The minimum Gasteiger partial charge on any atom is -0.489 e. The Hall–Kier alpha value is -1.31. The highest BCUT2D eigenvalue weighted by Crippen LogP contribution is 2.36. The van der Waals surface area contributed by atoms with Gasteiger partial charge in [0.25, 0.3) is 5.91 Å². The highest BCUT2D eigenvalue weighted by atomic mass is 35.5. The van der Waals surface area contributed by atoms with Crippen LogP contribution in [0, 0.1) is 0 Å². The predicted molar refractivity (Wildman–Crippen MR) is 105 cm³/mol. The van der Waals surface area contributed by atoms with Gasteiger partial charge in [0, 0.05) is 12.8 Å². The van der Waals surface area contributed by atoms with E-state index >= 15 is 0 Å². The molecule has 27 heavy (non-hydrogen) atoms. The van der Waals surface area contributed by atoms with Crippen molar-refractivity contribution in [1.29, 1.82) is 0 Å². The van der Waals surface area contributed by atoms with Crippen LogP contribution in [-0.2, 0) is 14.2 Å². The van der Waals surface area contributed by atoms with Gasteiger partial charge in [-0.3, -0.25) is 14.2 Å². The molecule has 0 aliphatic carbocycles. The molecule has 3 unspecified atom stereocenters. The van der Waals surface area contributed by atoms with E-state index in [0.717, 1.165) is 5.69 Å². The number of benzene rings is 1. The number of carbonyl (C=O) groups excluding carboxylic acids is 1. The first-order chi connectivity index (χ1) is 12.4. The van der Waals surface area contributed by atoms with Crippen molar-refractivity contribution in [1.82, 2.24) is 0 Å². The number of carbonyl (C=O) groups is 2. The zero-order valence-corrected chi connectivity index (χ0v) is 17.3. The highest BCUT2D eigenvalue weighted by molar-refractivity contribution is 7.57. The number of rotatable bonds is 5. The number of hydrogen-bond acceptors (Lipinski definition) is 5. The smallest absolute Gasteiger partial charge is 0.320 e. The van der Waals surface area contributed by atoms with Gasteiger partial charge in [-0.05, 0) is 25.5 Å². The molecule has 0 saturated heterocycles. The van der Waals surface area contributed by atoms with E-state index in [-0.39, 0.29) is 24.5 Å². The van der Waals surface area contributed by atoms with Gasteiger partial charge in [-0.2, -0.15) is 0 Å². The minimum atomic E-state index is -3.10. The Morgan fingerprint density at radius 2 is 2.00 bits per heavy atom. The first-order valence-corrected chi connectivity index (χ1v) is 11.2. The molecule has 3 atom stereocenters. The fourth-order valence-corrected chi connectivity index (χ4v) is 3.21. The number of alkyl halides is 2. The van der Waals surface area contributed by atoms with Gasteiger partial charge in [-0.1, -0.05) is 35.3 Å². The predicted octanol–water partition coefficient (Wildman–Crippen LogP) is 2.29. The van der Waals surface area contributed by atoms with Gasteiger partial charge in [0.15, 0.2) is 12.2 Å². The molecule has 4 N–H and O–H groups in total. The lowest BCUT2D eigenvalue weighted by molar-refractivity contribution is -0.138. The molecule has 1 aliphatic heterocycles. The van der Waals surface area contributed by atoms with Crippen LogP contribution in [0.15, 0.2) is 24.3 Å². The molecule has 8 nitrogen and oxygen atoms in total. The summed E-state index contributed by atoms with van der Waals surface area (Å²) in [7, 11) is -3.10. The van der Waals surface area contributed by atoms with Crippen molar-refractivity contribution in [2.75, 3.05) is 24.3 Å². The van der Waals surface area contributed by atoms with E-state index in [4.69, 9.17) is 43.7 Å². The minimum absolute atomic E-state index is 0.0412. The number of nitrogens with zero attached hydrogens (tertiary/aromatic N) is 1. The van der Waals surface area contributed by atoms with Crippen molar-refractivity contribution >= 4 is 48.1 Å². The van der Waals surface area contributed by atoms with Crippen molar-refractivity contribution in [2.45, 2.75) is 30.3 Å². The molecular formula is C16H23Cl2N2O6P. The third-order valence-corrected chi connectivity index (χ3v) is 5.10. The van der Waals surface area contributed by atoms with E-state index < -0.39 is 24.2 Å². The molecule has 0 radical (unpaired) electrons. The number of fused-ring (bicyclic) bond motifs is 1. The molecule has 0 saturated carbocycles. The summed E-state index contributed by atoms with van der Waals surface area (Å²) in [6.07, 6.45) is 0.0000772. The summed E-state index contributed by atoms with van der Waals surface area (Å²) in [4.78, 5) is 31.3. The van der Waals surface area contributed by atoms with E-state index in [1.807, 2.05) is 31.2 Å². The summed E-state index contributed by atoms with van der Waals surface area (Å²) >= 11 is 11.3. The molecule has 152 valence electrons. The van der Waals surface area contributed by atoms with Gasteiger partial charge in [0.05, 0.1) is 11.7 Å². The van der Waals surface area contributed by atoms with Gasteiger partial charge < -0.3 is 25.4 Å². The number of nitrogens with two attached hydrogens (primary N) is 1. The SMILES string of the molecule is CC1COc2ccccc2N1C(=O)C(Cl)Cl.CP(=O)(O)CCC(N)C(=O)O. The van der Waals surface area contributed by atoms with E-state index in [1.165, 1.54) is 6.66 Å². The second-order valence-electron chi connectivity index (χ2n) is 6.14. The molecule has 1 heterocycles. The number of amides is 1. The van der Waals surface area contributed by atoms with Crippen molar-refractivity contribution in [3.8, 4) is 5.75 Å². The maximum Gasteiger partial charge on any atom is 0.320 e. The number of para-hydroxylation sites is 2. The number of anilines is 1. The van der Waals surface area contributed by atoms with Crippen LogP contribution in [0.5, 0.6) is 5.75 Å². The van der Waals surface area contributed by atoms with E-state index in [2.05, 4.69) is 0 Å². The molecule has 11 heteroatoms. The Labute approximate surface area is 167 Å². The number of aliphatic carboxylic acids is 1. The maximum absolute atomic E-state index is 11.9. The first-order valence-electron chi connectivity index (χ1n) is 8.04. The zero-order valence-electron chi connectivity index (χ0n) is 14.9. The summed E-state index contributed by atoms with van der Waals surface area (Å²) in [6, 6.07) is 6.24. The number of ether oxygens (including phenoxy) is 1. The molecule has 1 aromatic carbocycles. The molecule has 1 amide bonds. The van der Waals surface area contributed by atoms with Crippen molar-refractivity contribution in [2.24, 2.45) is 5.73 Å². The maximum atomic E-state index is 11.9. The van der Waals surface area contributed by atoms with E-state index in [0.29, 0.717) is 12.4 Å². The van der Waals surface area contributed by atoms with Gasteiger partial charge >= 0.3 is 5.97 Å². The molecule has 0 spiro atoms. The summed E-state index contributed by atoms with van der Waals surface area (Å²) in [5, 5.41) is 8.28. The third-order valence-electron chi connectivity index (χ3n) is 3.64. The van der Waals surface area contributed by atoms with Crippen LogP contribution in [0.2, 0.25) is 0 Å². The summed E-state index contributed by atoms with van der Waals surface area (Å²) in [5.41, 5.74) is 5.81. The zero-order chi connectivity index (χ0) is 20.8. The second-order valence-corrected chi connectivity index (χ2v) is 9.79. The lowest BCUT2D eigenvalue weighted by atomic mass is 10.1. The monoisotopic (exact) mass is 440 g/mol. The lowest BCUT2D eigenvalue weighted by Gasteiger charge is -2.35. The summed E-state index contributed by atoms with van der Waals surface area (Å²) < 4.78 is 16.2. The van der Waals surface area contributed by atoms with Gasteiger partial charge in [0.1, 0.15) is 18.4 Å². The quantitative estimate of drug-likeness (QED) is 0.472. The second kappa shape index (κ2) is 10.3. The van der Waals surface area contributed by atoms with E-state index in [1.54, 1.807) is 4.90 Å².